The van der Waals surface area contributed by atoms with Crippen LogP contribution >= 0.6 is 0 Å². The van der Waals surface area contributed by atoms with Crippen molar-refractivity contribution in [1.82, 2.24) is 0 Å². The Morgan fingerprint density at radius 1 is 1.56 bits per heavy atom. The van der Waals surface area contributed by atoms with Gasteiger partial charge in [0.25, 0.3) is 0 Å². The van der Waals surface area contributed by atoms with Crippen molar-refractivity contribution in [2.45, 2.75) is 39.2 Å². The highest BCUT2D eigenvalue weighted by Gasteiger charge is 2.30. The van der Waals surface area contributed by atoms with Gasteiger partial charge in [-0.2, -0.15) is 0 Å². The van der Waals surface area contributed by atoms with E-state index in [9.17, 15) is 0 Å². The summed E-state index contributed by atoms with van der Waals surface area (Å²) in [6, 6.07) is 0.528. The maximum absolute atomic E-state index is 5.80. The van der Waals surface area contributed by atoms with Gasteiger partial charge in [-0.15, -0.1) is 0 Å². The molecule has 1 saturated carbocycles. The lowest BCUT2D eigenvalue weighted by Crippen LogP contribution is -2.42. The lowest BCUT2D eigenvalue weighted by molar-refractivity contribution is 0.174. The zero-order valence-electron chi connectivity index (χ0n) is 6.43. The van der Waals surface area contributed by atoms with E-state index in [0.717, 1.165) is 11.8 Å². The minimum Gasteiger partial charge on any atom is -0.327 e. The number of hydrogen-bond donors (Lipinski definition) is 1. The summed E-state index contributed by atoms with van der Waals surface area (Å²) in [6.07, 6.45) is 3.92. The van der Waals surface area contributed by atoms with Crippen molar-refractivity contribution >= 4 is 0 Å². The van der Waals surface area contributed by atoms with Crippen LogP contribution in [-0.4, -0.2) is 6.04 Å². The van der Waals surface area contributed by atoms with Gasteiger partial charge >= 0.3 is 0 Å². The number of nitrogens with two attached hydrogens (primary N) is 1. The van der Waals surface area contributed by atoms with Crippen molar-refractivity contribution in [3.63, 3.8) is 0 Å². The van der Waals surface area contributed by atoms with E-state index >= 15 is 0 Å². The Balaban J connectivity index is 2.25. The van der Waals surface area contributed by atoms with Crippen LogP contribution in [0, 0.1) is 11.8 Å². The fourth-order valence-corrected chi connectivity index (χ4v) is 1.56. The summed E-state index contributed by atoms with van der Waals surface area (Å²) < 4.78 is 0. The first kappa shape index (κ1) is 7.07. The van der Waals surface area contributed by atoms with Crippen molar-refractivity contribution in [3.05, 3.63) is 0 Å². The van der Waals surface area contributed by atoms with Crippen molar-refractivity contribution in [2.75, 3.05) is 0 Å². The van der Waals surface area contributed by atoms with Crippen LogP contribution in [0.5, 0.6) is 0 Å². The smallest absolute Gasteiger partial charge is 0.00698 e. The Hall–Kier alpha value is -0.0400. The van der Waals surface area contributed by atoms with Crippen molar-refractivity contribution in [1.29, 1.82) is 0 Å². The summed E-state index contributed by atoms with van der Waals surface area (Å²) >= 11 is 0. The van der Waals surface area contributed by atoms with Crippen LogP contribution in [0.15, 0.2) is 0 Å². The molecule has 0 heterocycles. The van der Waals surface area contributed by atoms with Gasteiger partial charge in [-0.25, -0.2) is 0 Å². The van der Waals surface area contributed by atoms with E-state index in [1.807, 2.05) is 0 Å². The van der Waals surface area contributed by atoms with E-state index in [0.29, 0.717) is 6.04 Å². The SMILES string of the molecule is CCC(C)C1CCC1N. The average Bonchev–Trinajstić information content (AvgIpc) is 1.84. The molecule has 0 aromatic rings. The van der Waals surface area contributed by atoms with Gasteiger partial charge in [0, 0.05) is 6.04 Å². The molecule has 0 spiro atoms. The Labute approximate surface area is 57.6 Å². The van der Waals surface area contributed by atoms with Crippen LogP contribution in [0.4, 0.5) is 0 Å². The first-order valence-corrected chi connectivity index (χ1v) is 4.01. The fourth-order valence-electron chi connectivity index (χ4n) is 1.56. The second-order valence-corrected chi connectivity index (χ2v) is 3.29. The summed E-state index contributed by atoms with van der Waals surface area (Å²) in [5.41, 5.74) is 5.80. The zero-order chi connectivity index (χ0) is 6.85. The third-order valence-corrected chi connectivity index (χ3v) is 2.76. The molecule has 9 heavy (non-hydrogen) atoms. The van der Waals surface area contributed by atoms with Crippen LogP contribution in [-0.2, 0) is 0 Å². The van der Waals surface area contributed by atoms with Gasteiger partial charge in [-0.1, -0.05) is 20.3 Å². The topological polar surface area (TPSA) is 26.0 Å². The Morgan fingerprint density at radius 2 is 2.22 bits per heavy atom. The largest absolute Gasteiger partial charge is 0.327 e. The predicted molar refractivity (Wildman–Crippen MR) is 40.2 cm³/mol. The van der Waals surface area contributed by atoms with Gasteiger partial charge in [0.15, 0.2) is 0 Å². The van der Waals surface area contributed by atoms with Crippen molar-refractivity contribution in [3.8, 4) is 0 Å². The van der Waals surface area contributed by atoms with Gasteiger partial charge < -0.3 is 5.73 Å². The molecule has 0 aromatic carbocycles. The van der Waals surface area contributed by atoms with Crippen LogP contribution in [0.25, 0.3) is 0 Å². The van der Waals surface area contributed by atoms with Crippen molar-refractivity contribution in [2.24, 2.45) is 17.6 Å². The molecule has 0 radical (unpaired) electrons. The Morgan fingerprint density at radius 3 is 2.33 bits per heavy atom. The van der Waals surface area contributed by atoms with E-state index in [4.69, 9.17) is 5.73 Å². The Kier molecular flexibility index (Phi) is 2.12. The van der Waals surface area contributed by atoms with E-state index < -0.39 is 0 Å². The molecular formula is C8H17N. The molecule has 0 saturated heterocycles. The maximum atomic E-state index is 5.80. The summed E-state index contributed by atoms with van der Waals surface area (Å²) in [5, 5.41) is 0. The normalized spacial score (nSPS) is 37.7. The van der Waals surface area contributed by atoms with E-state index in [1.165, 1.54) is 19.3 Å². The van der Waals surface area contributed by atoms with Gasteiger partial charge in [-0.3, -0.25) is 0 Å². The highest BCUT2D eigenvalue weighted by molar-refractivity contribution is 4.86. The molecule has 1 aliphatic carbocycles. The Bertz CT molecular complexity index is 90.6. The van der Waals surface area contributed by atoms with E-state index in [-0.39, 0.29) is 0 Å². The zero-order valence-corrected chi connectivity index (χ0v) is 6.43. The highest BCUT2D eigenvalue weighted by Crippen LogP contribution is 2.33. The standard InChI is InChI=1S/C8H17N/c1-3-6(2)7-4-5-8(7)9/h6-8H,3-5,9H2,1-2H3. The molecule has 0 aliphatic heterocycles. The van der Waals surface area contributed by atoms with Crippen LogP contribution in [0.3, 0.4) is 0 Å². The monoisotopic (exact) mass is 127 g/mol. The molecule has 1 nitrogen and oxygen atoms in total. The number of hydrogen-bond acceptors (Lipinski definition) is 1. The third-order valence-electron chi connectivity index (χ3n) is 2.76. The fraction of sp³-hybridized carbons (Fsp3) is 1.00. The molecule has 0 aromatic heterocycles. The molecule has 1 rings (SSSR count). The van der Waals surface area contributed by atoms with Gasteiger partial charge in [0.1, 0.15) is 0 Å². The molecule has 1 heteroatoms. The second-order valence-electron chi connectivity index (χ2n) is 3.29. The quantitative estimate of drug-likeness (QED) is 0.601. The molecule has 54 valence electrons. The van der Waals surface area contributed by atoms with E-state index in [1.54, 1.807) is 0 Å². The van der Waals surface area contributed by atoms with Gasteiger partial charge in [-0.05, 0) is 24.7 Å². The molecule has 0 amide bonds. The molecule has 0 bridgehead atoms. The summed E-state index contributed by atoms with van der Waals surface area (Å²) in [4.78, 5) is 0. The minimum atomic E-state index is 0.528. The lowest BCUT2D eigenvalue weighted by Gasteiger charge is -2.37. The third kappa shape index (κ3) is 1.26. The van der Waals surface area contributed by atoms with Gasteiger partial charge in [0.05, 0.1) is 0 Å². The average molecular weight is 127 g/mol. The molecule has 1 aliphatic rings. The second kappa shape index (κ2) is 2.70. The minimum absolute atomic E-state index is 0.528. The van der Waals surface area contributed by atoms with Crippen molar-refractivity contribution < 1.29 is 0 Å². The van der Waals surface area contributed by atoms with Crippen LogP contribution < -0.4 is 5.73 Å². The molecular weight excluding hydrogens is 110 g/mol. The first-order valence-electron chi connectivity index (χ1n) is 4.01. The highest BCUT2D eigenvalue weighted by atomic mass is 14.7. The summed E-state index contributed by atoms with van der Waals surface area (Å²) in [6.45, 7) is 4.55. The number of rotatable bonds is 2. The first-order chi connectivity index (χ1) is 4.25. The van der Waals surface area contributed by atoms with E-state index in [2.05, 4.69) is 13.8 Å². The molecule has 1 fully saturated rings. The molecule has 3 atom stereocenters. The summed E-state index contributed by atoms with van der Waals surface area (Å²) in [5.74, 6) is 1.70. The molecule has 3 unspecified atom stereocenters. The van der Waals surface area contributed by atoms with Crippen LogP contribution in [0.1, 0.15) is 33.1 Å². The van der Waals surface area contributed by atoms with Crippen LogP contribution in [0.2, 0.25) is 0 Å². The lowest BCUT2D eigenvalue weighted by atomic mass is 9.72. The maximum Gasteiger partial charge on any atom is 0.00698 e. The predicted octanol–water partition coefficient (Wildman–Crippen LogP) is 1.77. The molecule has 2 N–H and O–H groups in total. The van der Waals surface area contributed by atoms with Gasteiger partial charge in [0.2, 0.25) is 0 Å². The summed E-state index contributed by atoms with van der Waals surface area (Å²) in [7, 11) is 0.